The highest BCUT2D eigenvalue weighted by atomic mass is 16.5. The zero-order valence-corrected chi connectivity index (χ0v) is 21.9. The first kappa shape index (κ1) is 25.8. The van der Waals surface area contributed by atoms with Crippen molar-refractivity contribution in [2.45, 2.75) is 32.9 Å². The quantitative estimate of drug-likeness (QED) is 0.230. The number of para-hydroxylation sites is 1. The first-order chi connectivity index (χ1) is 18.7. The van der Waals surface area contributed by atoms with Crippen LogP contribution < -0.4 is 9.64 Å². The topological polar surface area (TPSA) is 106 Å². The predicted molar refractivity (Wildman–Crippen MR) is 145 cm³/mol. The number of anilines is 1. The second-order valence-electron chi connectivity index (χ2n) is 9.57. The molecule has 3 aromatic carbocycles. The maximum absolute atomic E-state index is 13.9. The maximum atomic E-state index is 13.9. The third-order valence-electron chi connectivity index (χ3n) is 6.49. The van der Waals surface area contributed by atoms with E-state index in [0.717, 1.165) is 5.56 Å². The molecule has 0 bridgehead atoms. The van der Waals surface area contributed by atoms with E-state index in [0.29, 0.717) is 33.5 Å². The summed E-state index contributed by atoms with van der Waals surface area (Å²) in [5, 5.41) is 11.7. The summed E-state index contributed by atoms with van der Waals surface area (Å²) >= 11 is 0. The number of ether oxygens (including phenoxy) is 2. The molecule has 1 unspecified atom stereocenters. The minimum Gasteiger partial charge on any atom is -0.503 e. The van der Waals surface area contributed by atoms with Gasteiger partial charge in [0.1, 0.15) is 0 Å². The molecule has 1 aliphatic rings. The third-order valence-corrected chi connectivity index (χ3v) is 6.49. The molecule has 2 heterocycles. The van der Waals surface area contributed by atoms with Gasteiger partial charge < -0.3 is 19.0 Å². The monoisotopic (exact) mass is 525 g/mol. The zero-order chi connectivity index (χ0) is 27.8. The Morgan fingerprint density at radius 2 is 1.72 bits per heavy atom. The number of hydrogen-bond acceptors (Lipinski definition) is 7. The van der Waals surface area contributed by atoms with Crippen LogP contribution in [0.4, 0.5) is 5.69 Å². The Bertz CT molecular complexity index is 1630. The summed E-state index contributed by atoms with van der Waals surface area (Å²) in [6.07, 6.45) is -0.282. The number of esters is 1. The number of rotatable bonds is 7. The van der Waals surface area contributed by atoms with Crippen LogP contribution >= 0.6 is 0 Å². The van der Waals surface area contributed by atoms with Gasteiger partial charge in [0, 0.05) is 11.1 Å². The summed E-state index contributed by atoms with van der Waals surface area (Å²) in [7, 11) is 1.50. The highest BCUT2D eigenvalue weighted by molar-refractivity contribution is 6.20. The molecule has 1 aromatic heterocycles. The van der Waals surface area contributed by atoms with E-state index in [1.165, 1.54) is 12.0 Å². The maximum Gasteiger partial charge on any atom is 0.338 e. The largest absolute Gasteiger partial charge is 0.503 e. The molecule has 1 aliphatic heterocycles. The van der Waals surface area contributed by atoms with Crippen molar-refractivity contribution in [1.82, 2.24) is 0 Å². The van der Waals surface area contributed by atoms with Crippen molar-refractivity contribution in [1.29, 1.82) is 0 Å². The van der Waals surface area contributed by atoms with Crippen LogP contribution in [-0.2, 0) is 9.53 Å². The van der Waals surface area contributed by atoms with Gasteiger partial charge in [-0.1, -0.05) is 42.0 Å². The van der Waals surface area contributed by atoms with Crippen molar-refractivity contribution in [3.8, 4) is 5.75 Å². The lowest BCUT2D eigenvalue weighted by Gasteiger charge is -2.27. The number of hydrogen-bond donors (Lipinski definition) is 1. The van der Waals surface area contributed by atoms with Crippen LogP contribution in [0.3, 0.4) is 0 Å². The lowest BCUT2D eigenvalue weighted by Crippen LogP contribution is -2.31. The van der Waals surface area contributed by atoms with Gasteiger partial charge in [-0.25, -0.2) is 4.79 Å². The molecule has 4 aromatic rings. The van der Waals surface area contributed by atoms with Gasteiger partial charge in [-0.15, -0.1) is 0 Å². The van der Waals surface area contributed by atoms with Crippen molar-refractivity contribution in [2.75, 3.05) is 12.0 Å². The molecule has 1 amide bonds. The average Bonchev–Trinajstić information content (AvgIpc) is 3.47. The van der Waals surface area contributed by atoms with Gasteiger partial charge >= 0.3 is 5.97 Å². The molecule has 8 heteroatoms. The van der Waals surface area contributed by atoms with Gasteiger partial charge in [-0.2, -0.15) is 0 Å². The summed E-state index contributed by atoms with van der Waals surface area (Å²) in [6, 6.07) is 19.5. The Morgan fingerprint density at radius 1 is 1.00 bits per heavy atom. The fourth-order valence-corrected chi connectivity index (χ4v) is 4.74. The Balaban J connectivity index is 1.59. The van der Waals surface area contributed by atoms with Gasteiger partial charge in [-0.3, -0.25) is 14.5 Å². The van der Waals surface area contributed by atoms with E-state index in [4.69, 9.17) is 13.9 Å². The van der Waals surface area contributed by atoms with Crippen LogP contribution in [-0.4, -0.2) is 36.0 Å². The number of carbonyl (C=O) groups is 3. The summed E-state index contributed by atoms with van der Waals surface area (Å²) in [5.41, 5.74) is 2.54. The Kier molecular flexibility index (Phi) is 6.70. The van der Waals surface area contributed by atoms with E-state index in [2.05, 4.69) is 0 Å². The second-order valence-corrected chi connectivity index (χ2v) is 9.57. The highest BCUT2D eigenvalue weighted by Crippen LogP contribution is 2.43. The Morgan fingerprint density at radius 3 is 2.38 bits per heavy atom. The molecule has 0 aliphatic carbocycles. The molecule has 39 heavy (non-hydrogen) atoms. The number of furan rings is 1. The summed E-state index contributed by atoms with van der Waals surface area (Å²) in [4.78, 5) is 41.0. The second kappa shape index (κ2) is 10.1. The Hall–Kier alpha value is -4.85. The van der Waals surface area contributed by atoms with Crippen molar-refractivity contribution < 1.29 is 33.4 Å². The number of benzene rings is 3. The summed E-state index contributed by atoms with van der Waals surface area (Å²) < 4.78 is 16.5. The van der Waals surface area contributed by atoms with Gasteiger partial charge in [0.25, 0.3) is 5.91 Å². The first-order valence-corrected chi connectivity index (χ1v) is 12.4. The molecule has 0 saturated heterocycles. The third kappa shape index (κ3) is 4.65. The van der Waals surface area contributed by atoms with E-state index in [1.54, 1.807) is 68.4 Å². The van der Waals surface area contributed by atoms with E-state index in [1.807, 2.05) is 25.1 Å². The van der Waals surface area contributed by atoms with Gasteiger partial charge in [0.05, 0.1) is 30.4 Å². The number of aliphatic hydroxyl groups excluding tert-OH is 1. The molecule has 5 rings (SSSR count). The molecular weight excluding hydrogens is 498 g/mol. The molecule has 0 fully saturated rings. The minimum atomic E-state index is -0.937. The molecule has 1 N–H and O–H groups in total. The number of methoxy groups -OCH3 is 1. The molecular formula is C31H27NO7. The van der Waals surface area contributed by atoms with Crippen LogP contribution in [0.25, 0.3) is 11.0 Å². The lowest BCUT2D eigenvalue weighted by molar-refractivity contribution is -0.117. The van der Waals surface area contributed by atoms with E-state index in [9.17, 15) is 19.5 Å². The average molecular weight is 526 g/mol. The molecule has 1 atom stereocenters. The number of amides is 1. The number of aliphatic hydroxyl groups is 1. The number of fused-ring (bicyclic) bond motifs is 1. The number of aryl methyl sites for hydroxylation is 1. The van der Waals surface area contributed by atoms with Gasteiger partial charge in [0.15, 0.2) is 22.9 Å². The van der Waals surface area contributed by atoms with Crippen LogP contribution in [0.2, 0.25) is 0 Å². The lowest BCUT2D eigenvalue weighted by atomic mass is 9.93. The zero-order valence-electron chi connectivity index (χ0n) is 21.9. The van der Waals surface area contributed by atoms with Crippen molar-refractivity contribution >= 4 is 34.3 Å². The van der Waals surface area contributed by atoms with Gasteiger partial charge in [-0.05, 0) is 62.7 Å². The molecule has 198 valence electrons. The van der Waals surface area contributed by atoms with Crippen molar-refractivity contribution in [3.63, 3.8) is 0 Å². The number of Topliss-reactive ketones (excluding diaryl/α,β-unsaturated/α-hetero) is 1. The molecule has 8 nitrogen and oxygen atoms in total. The SMILES string of the molecule is COc1cccc2cc(C(=O)C3=C(O)C(=O)N(c4ccc(C(=O)OC(C)C)cc4)C3c3cccc(C)c3)oc12. The Labute approximate surface area is 225 Å². The fourth-order valence-electron chi connectivity index (χ4n) is 4.74. The van der Waals surface area contributed by atoms with Crippen molar-refractivity contribution in [2.24, 2.45) is 0 Å². The number of nitrogens with zero attached hydrogens (tertiary/aromatic N) is 1. The molecule has 0 saturated carbocycles. The summed E-state index contributed by atoms with van der Waals surface area (Å²) in [6.45, 7) is 5.41. The normalized spacial score (nSPS) is 15.4. The first-order valence-electron chi connectivity index (χ1n) is 12.4. The standard InChI is InChI=1S/C31H27NO7/c1-17(2)38-31(36)19-11-13-22(14-12-19)32-26(20-8-5-7-18(3)15-20)25(28(34)30(32)35)27(33)24-16-21-9-6-10-23(37-4)29(21)39-24/h5-17,26,34H,1-4H3. The van der Waals surface area contributed by atoms with Gasteiger partial charge in [0.2, 0.25) is 5.78 Å². The number of ketones is 1. The fraction of sp³-hybridized carbons (Fsp3) is 0.194. The molecule has 0 radical (unpaired) electrons. The minimum absolute atomic E-state index is 0.0323. The van der Waals surface area contributed by atoms with E-state index in [-0.39, 0.29) is 17.4 Å². The molecule has 0 spiro atoms. The highest BCUT2D eigenvalue weighted by Gasteiger charge is 2.45. The van der Waals surface area contributed by atoms with Crippen LogP contribution in [0.15, 0.2) is 88.5 Å². The smallest absolute Gasteiger partial charge is 0.338 e. The van der Waals surface area contributed by atoms with E-state index >= 15 is 0 Å². The van der Waals surface area contributed by atoms with Crippen LogP contribution in [0.5, 0.6) is 5.75 Å². The predicted octanol–water partition coefficient (Wildman–Crippen LogP) is 6.10. The van der Waals surface area contributed by atoms with Crippen LogP contribution in [0, 0.1) is 6.92 Å². The van der Waals surface area contributed by atoms with E-state index < -0.39 is 29.5 Å². The summed E-state index contributed by atoms with van der Waals surface area (Å²) in [5.74, 6) is -2.09. The van der Waals surface area contributed by atoms with Crippen molar-refractivity contribution in [3.05, 3.63) is 107 Å². The van der Waals surface area contributed by atoms with Crippen LogP contribution in [0.1, 0.15) is 51.9 Å². The number of carbonyl (C=O) groups excluding carboxylic acids is 3.